The van der Waals surface area contributed by atoms with E-state index in [1.807, 2.05) is 6.92 Å². The topological polar surface area (TPSA) is 82.1 Å². The molecule has 0 saturated heterocycles. The van der Waals surface area contributed by atoms with Gasteiger partial charge in [-0.25, -0.2) is 4.79 Å². The quantitative estimate of drug-likeness (QED) is 0.405. The van der Waals surface area contributed by atoms with E-state index in [1.54, 1.807) is 33.9 Å². The van der Waals surface area contributed by atoms with Crippen LogP contribution in [0.4, 0.5) is 18.0 Å². The van der Waals surface area contributed by atoms with Gasteiger partial charge in [0.1, 0.15) is 11.4 Å². The highest BCUT2D eigenvalue weighted by Gasteiger charge is 2.50. The first kappa shape index (κ1) is 27.2. The standard InChI is InChI=1S/C22H32F3NO6S/c1-15-9-7-11-17(14-26(5)19(27)31-20(2,3)4)21(15,30-6)16-10-8-12-18(13-16)32-33(28,29)22(23,24)25/h8,10,12-13,15,17H,7,9,11,14H2,1-6H3. The van der Waals surface area contributed by atoms with Gasteiger partial charge in [0, 0.05) is 26.6 Å². The van der Waals surface area contributed by atoms with Crippen molar-refractivity contribution in [3.8, 4) is 5.75 Å². The van der Waals surface area contributed by atoms with Gasteiger partial charge in [-0.05, 0) is 57.2 Å². The number of ether oxygens (including phenoxy) is 2. The molecule has 0 radical (unpaired) electrons. The Labute approximate surface area is 193 Å². The summed E-state index contributed by atoms with van der Waals surface area (Å²) in [5, 5.41) is 0. The SMILES string of the molecule is COC1(c2cccc(OS(=O)(=O)C(F)(F)F)c2)C(C)CCCC1CN(C)C(=O)OC(C)(C)C. The number of hydrogen-bond acceptors (Lipinski definition) is 6. The van der Waals surface area contributed by atoms with Gasteiger partial charge >= 0.3 is 21.7 Å². The number of rotatable bonds is 6. The van der Waals surface area contributed by atoms with E-state index in [0.717, 1.165) is 18.9 Å². The van der Waals surface area contributed by atoms with Gasteiger partial charge in [0.25, 0.3) is 0 Å². The highest BCUT2D eigenvalue weighted by molar-refractivity contribution is 7.88. The van der Waals surface area contributed by atoms with E-state index in [2.05, 4.69) is 4.18 Å². The number of alkyl halides is 3. The minimum absolute atomic E-state index is 0.0669. The summed E-state index contributed by atoms with van der Waals surface area (Å²) < 4.78 is 77.1. The van der Waals surface area contributed by atoms with Crippen LogP contribution in [0.2, 0.25) is 0 Å². The van der Waals surface area contributed by atoms with Crippen LogP contribution in [0.25, 0.3) is 0 Å². The third-order valence-electron chi connectivity index (χ3n) is 5.84. The van der Waals surface area contributed by atoms with Crippen molar-refractivity contribution in [1.29, 1.82) is 0 Å². The van der Waals surface area contributed by atoms with Gasteiger partial charge in [-0.15, -0.1) is 0 Å². The average Bonchev–Trinajstić information content (AvgIpc) is 2.66. The monoisotopic (exact) mass is 495 g/mol. The molecule has 1 saturated carbocycles. The van der Waals surface area contributed by atoms with Crippen LogP contribution in [0.15, 0.2) is 24.3 Å². The Morgan fingerprint density at radius 1 is 1.21 bits per heavy atom. The van der Waals surface area contributed by atoms with Gasteiger partial charge in [0.2, 0.25) is 0 Å². The Morgan fingerprint density at radius 2 is 1.85 bits per heavy atom. The van der Waals surface area contributed by atoms with Gasteiger partial charge < -0.3 is 18.6 Å². The summed E-state index contributed by atoms with van der Waals surface area (Å²) in [4.78, 5) is 14.0. The lowest BCUT2D eigenvalue weighted by molar-refractivity contribution is -0.131. The van der Waals surface area contributed by atoms with Gasteiger partial charge in [-0.2, -0.15) is 21.6 Å². The maximum absolute atomic E-state index is 12.8. The smallest absolute Gasteiger partial charge is 0.444 e. The Kier molecular flexibility index (Phi) is 8.00. The van der Waals surface area contributed by atoms with E-state index >= 15 is 0 Å². The van der Waals surface area contributed by atoms with Crippen LogP contribution in [-0.4, -0.2) is 51.2 Å². The first-order valence-electron chi connectivity index (χ1n) is 10.6. The zero-order chi connectivity index (χ0) is 25.2. The fraction of sp³-hybridized carbons (Fsp3) is 0.682. The Bertz CT molecular complexity index is 944. The molecular weight excluding hydrogens is 463 g/mol. The molecule has 1 amide bonds. The normalized spacial score (nSPS) is 24.3. The van der Waals surface area contributed by atoms with Crippen LogP contribution in [0.1, 0.15) is 52.5 Å². The third kappa shape index (κ3) is 6.11. The molecule has 0 heterocycles. The minimum Gasteiger partial charge on any atom is -0.444 e. The van der Waals surface area contributed by atoms with Crippen LogP contribution in [-0.2, 0) is 25.2 Å². The molecule has 2 rings (SSSR count). The van der Waals surface area contributed by atoms with E-state index in [4.69, 9.17) is 9.47 Å². The molecule has 1 fully saturated rings. The summed E-state index contributed by atoms with van der Waals surface area (Å²) in [6.07, 6.45) is 1.85. The summed E-state index contributed by atoms with van der Waals surface area (Å²) >= 11 is 0. The molecule has 11 heteroatoms. The number of nitrogens with zero attached hydrogens (tertiary/aromatic N) is 1. The molecule has 33 heavy (non-hydrogen) atoms. The van der Waals surface area contributed by atoms with Gasteiger partial charge in [0.15, 0.2) is 0 Å². The Balaban J connectivity index is 2.41. The zero-order valence-electron chi connectivity index (χ0n) is 19.7. The lowest BCUT2D eigenvalue weighted by atomic mass is 9.65. The summed E-state index contributed by atoms with van der Waals surface area (Å²) in [6.45, 7) is 7.53. The van der Waals surface area contributed by atoms with Crippen LogP contribution < -0.4 is 4.18 Å². The first-order valence-corrected chi connectivity index (χ1v) is 12.0. The Hall–Kier alpha value is -2.01. The summed E-state index contributed by atoms with van der Waals surface area (Å²) in [5.41, 5.74) is -6.71. The molecule has 3 unspecified atom stereocenters. The number of amides is 1. The van der Waals surface area contributed by atoms with Crippen molar-refractivity contribution in [2.24, 2.45) is 11.8 Å². The lowest BCUT2D eigenvalue weighted by Gasteiger charge is -2.49. The molecule has 3 atom stereocenters. The van der Waals surface area contributed by atoms with E-state index < -0.39 is 38.7 Å². The minimum atomic E-state index is -5.81. The number of carbonyl (C=O) groups is 1. The average molecular weight is 496 g/mol. The molecule has 1 aromatic rings. The van der Waals surface area contributed by atoms with Gasteiger partial charge in [-0.1, -0.05) is 25.5 Å². The molecule has 1 aliphatic rings. The molecule has 7 nitrogen and oxygen atoms in total. The fourth-order valence-corrected chi connectivity index (χ4v) is 4.90. The summed E-state index contributed by atoms with van der Waals surface area (Å²) in [5.74, 6) is -0.751. The van der Waals surface area contributed by atoms with E-state index in [0.29, 0.717) is 12.0 Å². The highest BCUT2D eigenvalue weighted by atomic mass is 32.2. The molecule has 1 aliphatic carbocycles. The van der Waals surface area contributed by atoms with Crippen molar-refractivity contribution >= 4 is 16.2 Å². The maximum Gasteiger partial charge on any atom is 0.534 e. The number of hydrogen-bond donors (Lipinski definition) is 0. The van der Waals surface area contributed by atoms with Gasteiger partial charge in [0.05, 0.1) is 5.60 Å². The fourth-order valence-electron chi connectivity index (χ4n) is 4.44. The van der Waals surface area contributed by atoms with Crippen molar-refractivity contribution in [1.82, 2.24) is 4.90 Å². The van der Waals surface area contributed by atoms with E-state index in [9.17, 15) is 26.4 Å². The predicted octanol–water partition coefficient (Wildman–Crippen LogP) is 5.06. The first-order chi connectivity index (χ1) is 15.0. The van der Waals surface area contributed by atoms with Crippen molar-refractivity contribution in [3.63, 3.8) is 0 Å². The second-order valence-corrected chi connectivity index (χ2v) is 10.9. The van der Waals surface area contributed by atoms with E-state index in [-0.39, 0.29) is 18.4 Å². The van der Waals surface area contributed by atoms with Crippen LogP contribution in [0.3, 0.4) is 0 Å². The summed E-state index contributed by atoms with van der Waals surface area (Å²) in [6, 6.07) is 5.49. The van der Waals surface area contributed by atoms with Crippen LogP contribution in [0.5, 0.6) is 5.75 Å². The van der Waals surface area contributed by atoms with Crippen molar-refractivity contribution in [2.75, 3.05) is 20.7 Å². The molecule has 1 aromatic carbocycles. The van der Waals surface area contributed by atoms with Crippen molar-refractivity contribution in [3.05, 3.63) is 29.8 Å². The van der Waals surface area contributed by atoms with Crippen LogP contribution in [0, 0.1) is 11.8 Å². The van der Waals surface area contributed by atoms with E-state index in [1.165, 1.54) is 24.1 Å². The molecule has 0 aliphatic heterocycles. The van der Waals surface area contributed by atoms with Crippen molar-refractivity contribution < 1.29 is 40.0 Å². The largest absolute Gasteiger partial charge is 0.534 e. The summed E-state index contributed by atoms with van der Waals surface area (Å²) in [7, 11) is -2.69. The Morgan fingerprint density at radius 3 is 2.39 bits per heavy atom. The van der Waals surface area contributed by atoms with Crippen molar-refractivity contribution in [2.45, 2.75) is 63.7 Å². The predicted molar refractivity (Wildman–Crippen MR) is 116 cm³/mol. The zero-order valence-corrected chi connectivity index (χ0v) is 20.5. The second-order valence-electron chi connectivity index (χ2n) is 9.40. The number of carbonyl (C=O) groups excluding carboxylic acids is 1. The molecular formula is C22H32F3NO6S. The highest BCUT2D eigenvalue weighted by Crippen LogP contribution is 2.49. The molecule has 0 spiro atoms. The van der Waals surface area contributed by atoms with Gasteiger partial charge in [-0.3, -0.25) is 0 Å². The molecule has 188 valence electrons. The number of methoxy groups -OCH3 is 1. The lowest BCUT2D eigenvalue weighted by Crippen LogP contribution is -2.51. The molecule has 0 bridgehead atoms. The number of benzene rings is 1. The van der Waals surface area contributed by atoms with Crippen LogP contribution >= 0.6 is 0 Å². The maximum atomic E-state index is 12.8. The molecule has 0 aromatic heterocycles. The number of halogens is 3. The second kappa shape index (κ2) is 9.69. The third-order valence-corrected chi connectivity index (χ3v) is 6.82. The molecule has 0 N–H and O–H groups in total.